The molecule has 0 aromatic heterocycles. The van der Waals surface area contributed by atoms with Gasteiger partial charge in [-0.25, -0.2) is 0 Å². The van der Waals surface area contributed by atoms with E-state index in [-0.39, 0.29) is 51.4 Å². The number of carboxylic acid groups (broad SMARTS) is 2. The van der Waals surface area contributed by atoms with Gasteiger partial charge in [0.25, 0.3) is 0 Å². The van der Waals surface area contributed by atoms with Gasteiger partial charge in [0.2, 0.25) is 0 Å². The Morgan fingerprint density at radius 3 is 1.38 bits per heavy atom. The number of carbonyl (C=O) groups excluding carboxylic acids is 1. The monoisotopic (exact) mass is 160 g/mol. The summed E-state index contributed by atoms with van der Waals surface area (Å²) in [6.07, 6.45) is -2.33. The van der Waals surface area contributed by atoms with Crippen molar-refractivity contribution in [2.45, 2.75) is 0 Å². The van der Waals surface area contributed by atoms with Crippen LogP contribution in [0, 0.1) is 0 Å². The van der Waals surface area contributed by atoms with Crippen molar-refractivity contribution in [3.05, 3.63) is 0 Å². The Balaban J connectivity index is -0.0000000575. The molecule has 0 heterocycles. The summed E-state index contributed by atoms with van der Waals surface area (Å²) in [7, 11) is 0. The zero-order chi connectivity index (χ0) is 6.28. The standard InChI is InChI=1S/CH2O3.Al.K.2H2O/c2-1(3)4;;;;/h(H2,2,3,4);;;2*1H2/q;+3;+1;;/p-4. The Morgan fingerprint density at radius 2 is 1.38 bits per heavy atom. The van der Waals surface area contributed by atoms with Crippen molar-refractivity contribution >= 4 is 22.0 Å². The molecular weight excluding hydrogens is 158 g/mol. The number of hydrogen-bond donors (Lipinski definition) is 2. The SMILES string of the molecule is O=C([O-])[O-].[K+].[OH][Al+][OH]. The third kappa shape index (κ3) is 161. The van der Waals surface area contributed by atoms with E-state index in [1.165, 1.54) is 0 Å². The van der Waals surface area contributed by atoms with Crippen LogP contribution in [0.1, 0.15) is 0 Å². The Hall–Kier alpha value is 1.36. The quantitative estimate of drug-likeness (QED) is 0.343. The van der Waals surface area contributed by atoms with Crippen LogP contribution in [0.5, 0.6) is 0 Å². The van der Waals surface area contributed by atoms with E-state index < -0.39 is 22.0 Å². The molecule has 40 valence electrons. The summed E-state index contributed by atoms with van der Waals surface area (Å²) < 4.78 is 14.4. The van der Waals surface area contributed by atoms with Crippen molar-refractivity contribution < 1.29 is 74.7 Å². The molecule has 0 aliphatic carbocycles. The van der Waals surface area contributed by atoms with Crippen LogP contribution >= 0.6 is 0 Å². The second-order valence-electron chi connectivity index (χ2n) is 0.365. The van der Waals surface area contributed by atoms with Crippen LogP contribution in [0.4, 0.5) is 4.79 Å². The van der Waals surface area contributed by atoms with Gasteiger partial charge in [0.15, 0.2) is 0 Å². The molecular formula is CH2AlKO5. The van der Waals surface area contributed by atoms with Gasteiger partial charge in [0.1, 0.15) is 0 Å². The fourth-order valence-corrected chi connectivity index (χ4v) is 0. The van der Waals surface area contributed by atoms with E-state index in [2.05, 4.69) is 0 Å². The van der Waals surface area contributed by atoms with E-state index in [9.17, 15) is 0 Å². The first-order valence-corrected chi connectivity index (χ1v) is 2.16. The average molecular weight is 160 g/mol. The van der Waals surface area contributed by atoms with Gasteiger partial charge in [-0.1, -0.05) is 0 Å². The van der Waals surface area contributed by atoms with E-state index in [4.69, 9.17) is 23.3 Å². The van der Waals surface area contributed by atoms with Crippen molar-refractivity contribution in [1.82, 2.24) is 0 Å². The second kappa shape index (κ2) is 15.8. The zero-order valence-corrected chi connectivity index (χ0v) is 8.47. The van der Waals surface area contributed by atoms with E-state index in [0.29, 0.717) is 0 Å². The molecule has 2 N–H and O–H groups in total. The maximum absolute atomic E-state index is 8.33. The van der Waals surface area contributed by atoms with Crippen LogP contribution in [0.15, 0.2) is 0 Å². The van der Waals surface area contributed by atoms with Gasteiger partial charge in [-0.3, -0.25) is 0 Å². The average Bonchev–Trinajstić information content (AvgIpc) is 1.33. The Bertz CT molecular complexity index is 43.7. The normalized spacial score (nSPS) is 4.25. The van der Waals surface area contributed by atoms with Crippen molar-refractivity contribution in [2.24, 2.45) is 0 Å². The number of carbonyl (C=O) groups is 1. The summed E-state index contributed by atoms with van der Waals surface area (Å²) in [5, 5.41) is 16.7. The Kier molecular flexibility index (Phi) is 31.9. The van der Waals surface area contributed by atoms with Crippen molar-refractivity contribution in [3.63, 3.8) is 0 Å². The fraction of sp³-hybridized carbons (Fsp3) is 0. The van der Waals surface area contributed by atoms with Gasteiger partial charge in [0, 0.05) is 0 Å². The molecule has 0 fully saturated rings. The van der Waals surface area contributed by atoms with Crippen LogP contribution in [-0.2, 0) is 0 Å². The van der Waals surface area contributed by atoms with E-state index in [0.717, 1.165) is 0 Å². The molecule has 0 aliphatic heterocycles. The van der Waals surface area contributed by atoms with Gasteiger partial charge in [0.05, 0.1) is 0 Å². The number of rotatable bonds is 0. The van der Waals surface area contributed by atoms with Gasteiger partial charge in [-0.15, -0.1) is 0 Å². The first-order valence-electron chi connectivity index (χ1n) is 1.13. The van der Waals surface area contributed by atoms with Crippen LogP contribution in [0.3, 0.4) is 0 Å². The van der Waals surface area contributed by atoms with Crippen molar-refractivity contribution in [3.8, 4) is 0 Å². The summed E-state index contributed by atoms with van der Waals surface area (Å²) in [5.74, 6) is 0. The summed E-state index contributed by atoms with van der Waals surface area (Å²) in [6, 6.07) is 0. The summed E-state index contributed by atoms with van der Waals surface area (Å²) in [5.41, 5.74) is 0. The zero-order valence-electron chi connectivity index (χ0n) is 4.20. The van der Waals surface area contributed by atoms with Crippen LogP contribution < -0.4 is 61.6 Å². The third-order valence-corrected chi connectivity index (χ3v) is 0. The van der Waals surface area contributed by atoms with E-state index in [1.54, 1.807) is 0 Å². The molecule has 7 heteroatoms. The second-order valence-corrected chi connectivity index (χ2v) is 0.596. The molecule has 0 saturated carbocycles. The first-order chi connectivity index (χ1) is 3.15. The molecule has 0 spiro atoms. The minimum atomic E-state index is -2.33. The molecule has 5 nitrogen and oxygen atoms in total. The molecule has 8 heavy (non-hydrogen) atoms. The maximum atomic E-state index is 8.33. The van der Waals surface area contributed by atoms with Crippen LogP contribution in [-0.4, -0.2) is 30.4 Å². The molecule has 0 saturated heterocycles. The predicted molar refractivity (Wildman–Crippen MR) is 15.6 cm³/mol. The molecule has 0 radical (unpaired) electrons. The molecule has 0 rings (SSSR count). The Labute approximate surface area is 95.1 Å². The summed E-state index contributed by atoms with van der Waals surface area (Å²) in [6.45, 7) is 0. The molecule has 0 amide bonds. The van der Waals surface area contributed by atoms with Crippen molar-refractivity contribution in [1.29, 1.82) is 0 Å². The van der Waals surface area contributed by atoms with Gasteiger partial charge < -0.3 is 15.0 Å². The minimum absolute atomic E-state index is 0. The van der Waals surface area contributed by atoms with Gasteiger partial charge >= 0.3 is 75.6 Å². The molecule has 0 aromatic carbocycles. The molecule has 0 unspecified atom stereocenters. The summed E-state index contributed by atoms with van der Waals surface area (Å²) >= 11 is -1.25. The fourth-order valence-electron chi connectivity index (χ4n) is 0. The molecule has 0 atom stereocenters. The molecule has 0 aliphatic rings. The van der Waals surface area contributed by atoms with E-state index in [1.807, 2.05) is 0 Å². The van der Waals surface area contributed by atoms with Crippen LogP contribution in [0.2, 0.25) is 0 Å². The van der Waals surface area contributed by atoms with Gasteiger partial charge in [-0.2, -0.15) is 0 Å². The Morgan fingerprint density at radius 1 is 1.38 bits per heavy atom. The topological polar surface area (TPSA) is 104 Å². The first kappa shape index (κ1) is 16.2. The van der Waals surface area contributed by atoms with Crippen LogP contribution in [0.25, 0.3) is 0 Å². The van der Waals surface area contributed by atoms with Crippen molar-refractivity contribution in [2.75, 3.05) is 0 Å². The third-order valence-electron chi connectivity index (χ3n) is 0. The molecule has 0 aromatic rings. The predicted octanol–water partition coefficient (Wildman–Crippen LogP) is -6.94. The van der Waals surface area contributed by atoms with Gasteiger partial charge in [-0.05, 0) is 6.16 Å². The summed E-state index contributed by atoms with van der Waals surface area (Å²) in [4.78, 5) is 8.33. The molecule has 0 bridgehead atoms. The van der Waals surface area contributed by atoms with E-state index >= 15 is 0 Å². The number of hydrogen-bond acceptors (Lipinski definition) is 5.